The number of rotatable bonds is 6. The van der Waals surface area contributed by atoms with Crippen molar-refractivity contribution in [1.29, 1.82) is 0 Å². The second-order valence-electron chi connectivity index (χ2n) is 6.44. The number of hydrogen-bond donors (Lipinski definition) is 3. The van der Waals surface area contributed by atoms with Gasteiger partial charge in [-0.3, -0.25) is 4.79 Å². The fourth-order valence-corrected chi connectivity index (χ4v) is 3.31. The zero-order chi connectivity index (χ0) is 18.4. The van der Waals surface area contributed by atoms with Gasteiger partial charge in [-0.2, -0.15) is 0 Å². The highest BCUT2D eigenvalue weighted by Gasteiger charge is 2.39. The number of piperidine rings is 1. The zero-order valence-corrected chi connectivity index (χ0v) is 15.0. The maximum atomic E-state index is 12.4. The summed E-state index contributed by atoms with van der Waals surface area (Å²) < 4.78 is 4.93. The van der Waals surface area contributed by atoms with E-state index in [4.69, 9.17) is 22.1 Å². The van der Waals surface area contributed by atoms with Crippen LogP contribution in [0.1, 0.15) is 18.4 Å². The molecule has 138 valence electrons. The summed E-state index contributed by atoms with van der Waals surface area (Å²) in [7, 11) is 1.48. The van der Waals surface area contributed by atoms with Gasteiger partial charge in [0, 0.05) is 25.2 Å². The minimum absolute atomic E-state index is 0.103. The normalized spacial score (nSPS) is 21.6. The van der Waals surface area contributed by atoms with Crippen LogP contribution in [0.4, 0.5) is 4.79 Å². The Kier molecular flexibility index (Phi) is 6.64. The molecule has 1 aliphatic heterocycles. The largest absolute Gasteiger partial charge is 0.465 e. The summed E-state index contributed by atoms with van der Waals surface area (Å²) >= 11 is 5.93. The first-order chi connectivity index (χ1) is 11.8. The first-order valence-corrected chi connectivity index (χ1v) is 8.52. The van der Waals surface area contributed by atoms with E-state index in [9.17, 15) is 14.7 Å². The van der Waals surface area contributed by atoms with Crippen LogP contribution in [-0.4, -0.2) is 60.4 Å². The van der Waals surface area contributed by atoms with Crippen molar-refractivity contribution >= 4 is 23.6 Å². The standard InChI is InChI=1S/C17H24ClN3O4/c1-25-10-14(19)15(22)20-17(7-2-8-21(11-17)16(23)24)9-12-3-5-13(18)6-4-12/h3-6,14H,2,7-11,19H2,1H3,(H,20,22)(H,23,24)/t14?,17-/m1/s1. The molecule has 1 aromatic rings. The van der Waals surface area contributed by atoms with E-state index in [1.54, 1.807) is 12.1 Å². The molecular weight excluding hydrogens is 346 g/mol. The summed E-state index contributed by atoms with van der Waals surface area (Å²) in [5, 5.41) is 13.0. The number of nitrogens with zero attached hydrogens (tertiary/aromatic N) is 1. The molecule has 1 saturated heterocycles. The molecule has 2 amide bonds. The monoisotopic (exact) mass is 369 g/mol. The maximum Gasteiger partial charge on any atom is 0.407 e. The number of hydrogen-bond acceptors (Lipinski definition) is 4. The molecule has 0 aliphatic carbocycles. The third kappa shape index (κ3) is 5.32. The van der Waals surface area contributed by atoms with Crippen LogP contribution in [0.25, 0.3) is 0 Å². The first kappa shape index (κ1) is 19.5. The Morgan fingerprint density at radius 2 is 2.12 bits per heavy atom. The molecular formula is C17H24ClN3O4. The van der Waals surface area contributed by atoms with Crippen LogP contribution in [0.3, 0.4) is 0 Å². The van der Waals surface area contributed by atoms with Gasteiger partial charge in [0.05, 0.1) is 12.1 Å². The molecule has 0 radical (unpaired) electrons. The Morgan fingerprint density at radius 1 is 1.44 bits per heavy atom. The highest BCUT2D eigenvalue weighted by atomic mass is 35.5. The smallest absolute Gasteiger partial charge is 0.407 e. The van der Waals surface area contributed by atoms with E-state index < -0.39 is 17.7 Å². The summed E-state index contributed by atoms with van der Waals surface area (Å²) in [4.78, 5) is 25.2. The van der Waals surface area contributed by atoms with Gasteiger partial charge in [0.25, 0.3) is 0 Å². The van der Waals surface area contributed by atoms with Crippen LogP contribution in [0.2, 0.25) is 5.02 Å². The van der Waals surface area contributed by atoms with Crippen LogP contribution >= 0.6 is 11.6 Å². The topological polar surface area (TPSA) is 105 Å². The highest BCUT2D eigenvalue weighted by molar-refractivity contribution is 6.30. The van der Waals surface area contributed by atoms with Crippen molar-refractivity contribution in [3.63, 3.8) is 0 Å². The van der Waals surface area contributed by atoms with Crippen molar-refractivity contribution < 1.29 is 19.4 Å². The second kappa shape index (κ2) is 8.51. The Balaban J connectivity index is 2.22. The lowest BCUT2D eigenvalue weighted by Crippen LogP contribution is -2.63. The predicted octanol–water partition coefficient (Wildman–Crippen LogP) is 1.49. The molecule has 1 fully saturated rings. The summed E-state index contributed by atoms with van der Waals surface area (Å²) in [6.07, 6.45) is 0.847. The molecule has 1 aromatic carbocycles. The Hall–Kier alpha value is -1.83. The highest BCUT2D eigenvalue weighted by Crippen LogP contribution is 2.26. The third-order valence-electron chi connectivity index (χ3n) is 4.37. The van der Waals surface area contributed by atoms with Crippen molar-refractivity contribution in [2.75, 3.05) is 26.8 Å². The van der Waals surface area contributed by atoms with Gasteiger partial charge in [-0.25, -0.2) is 4.79 Å². The number of halogens is 1. The van der Waals surface area contributed by atoms with Crippen LogP contribution in [0.5, 0.6) is 0 Å². The molecule has 4 N–H and O–H groups in total. The second-order valence-corrected chi connectivity index (χ2v) is 6.88. The molecule has 1 aliphatic rings. The lowest BCUT2D eigenvalue weighted by Gasteiger charge is -2.43. The fourth-order valence-electron chi connectivity index (χ4n) is 3.19. The average molecular weight is 370 g/mol. The van der Waals surface area contributed by atoms with Crippen LogP contribution in [0, 0.1) is 0 Å². The number of carboxylic acid groups (broad SMARTS) is 1. The molecule has 1 heterocycles. The Bertz CT molecular complexity index is 610. The van der Waals surface area contributed by atoms with E-state index >= 15 is 0 Å². The summed E-state index contributed by atoms with van der Waals surface area (Å²) in [6.45, 7) is 0.777. The number of nitrogens with one attached hydrogen (secondary N) is 1. The van der Waals surface area contributed by atoms with Crippen LogP contribution in [0.15, 0.2) is 24.3 Å². The Labute approximate surface area is 152 Å². The van der Waals surface area contributed by atoms with Crippen molar-refractivity contribution in [2.45, 2.75) is 30.8 Å². The lowest BCUT2D eigenvalue weighted by atomic mass is 9.83. The van der Waals surface area contributed by atoms with Crippen LogP contribution in [-0.2, 0) is 16.0 Å². The van der Waals surface area contributed by atoms with Gasteiger partial charge in [0.2, 0.25) is 5.91 Å². The first-order valence-electron chi connectivity index (χ1n) is 8.14. The summed E-state index contributed by atoms with van der Waals surface area (Å²) in [6, 6.07) is 6.52. The molecule has 0 saturated carbocycles. The van der Waals surface area contributed by atoms with Gasteiger partial charge in [-0.15, -0.1) is 0 Å². The van der Waals surface area contributed by atoms with Gasteiger partial charge in [0.15, 0.2) is 0 Å². The number of amides is 2. The van der Waals surface area contributed by atoms with Crippen molar-refractivity contribution in [3.8, 4) is 0 Å². The minimum atomic E-state index is -0.990. The predicted molar refractivity (Wildman–Crippen MR) is 94.7 cm³/mol. The molecule has 7 nitrogen and oxygen atoms in total. The van der Waals surface area contributed by atoms with E-state index in [-0.39, 0.29) is 19.1 Å². The number of ether oxygens (including phenoxy) is 1. The van der Waals surface area contributed by atoms with Gasteiger partial charge >= 0.3 is 6.09 Å². The number of methoxy groups -OCH3 is 1. The lowest BCUT2D eigenvalue weighted by molar-refractivity contribution is -0.126. The van der Waals surface area contributed by atoms with Crippen molar-refractivity contribution in [3.05, 3.63) is 34.9 Å². The van der Waals surface area contributed by atoms with E-state index in [1.165, 1.54) is 12.0 Å². The van der Waals surface area contributed by atoms with Crippen molar-refractivity contribution in [1.82, 2.24) is 10.2 Å². The van der Waals surface area contributed by atoms with Crippen LogP contribution < -0.4 is 11.1 Å². The zero-order valence-electron chi connectivity index (χ0n) is 14.2. The SMILES string of the molecule is COCC(N)C(=O)N[C@@]1(Cc2ccc(Cl)cc2)CCCN(C(=O)O)C1. The quantitative estimate of drug-likeness (QED) is 0.704. The summed E-state index contributed by atoms with van der Waals surface area (Å²) in [5.41, 5.74) is 6.10. The number of likely N-dealkylation sites (tertiary alicyclic amines) is 1. The molecule has 0 aromatic heterocycles. The molecule has 1 unspecified atom stereocenters. The Morgan fingerprint density at radius 3 is 2.72 bits per heavy atom. The average Bonchev–Trinajstić information content (AvgIpc) is 2.57. The molecule has 2 atom stereocenters. The van der Waals surface area contributed by atoms with Gasteiger partial charge in [0.1, 0.15) is 6.04 Å². The third-order valence-corrected chi connectivity index (χ3v) is 4.63. The van der Waals surface area contributed by atoms with Gasteiger partial charge in [-0.05, 0) is 37.0 Å². The van der Waals surface area contributed by atoms with E-state index in [2.05, 4.69) is 5.32 Å². The number of benzene rings is 1. The van der Waals surface area contributed by atoms with E-state index in [0.29, 0.717) is 30.8 Å². The number of carbonyl (C=O) groups is 2. The molecule has 0 bridgehead atoms. The fraction of sp³-hybridized carbons (Fsp3) is 0.529. The maximum absolute atomic E-state index is 12.4. The van der Waals surface area contributed by atoms with E-state index in [1.807, 2.05) is 12.1 Å². The van der Waals surface area contributed by atoms with E-state index in [0.717, 1.165) is 5.56 Å². The molecule has 2 rings (SSSR count). The van der Waals surface area contributed by atoms with Crippen molar-refractivity contribution in [2.24, 2.45) is 5.73 Å². The van der Waals surface area contributed by atoms with Gasteiger partial charge in [-0.1, -0.05) is 23.7 Å². The number of nitrogens with two attached hydrogens (primary N) is 1. The van der Waals surface area contributed by atoms with Gasteiger partial charge < -0.3 is 25.8 Å². The molecule has 0 spiro atoms. The molecule has 25 heavy (non-hydrogen) atoms. The summed E-state index contributed by atoms with van der Waals surface area (Å²) in [5.74, 6) is -0.344. The minimum Gasteiger partial charge on any atom is -0.465 e. The molecule has 8 heteroatoms. The number of carbonyl (C=O) groups excluding carboxylic acids is 1.